The minimum absolute atomic E-state index is 0.321. The highest BCUT2D eigenvalue weighted by Gasteiger charge is 2.20. The van der Waals surface area contributed by atoms with E-state index in [4.69, 9.17) is 5.11 Å². The quantitative estimate of drug-likeness (QED) is 0.639. The van der Waals surface area contributed by atoms with E-state index in [1.54, 1.807) is 6.92 Å². The minimum atomic E-state index is -3.43. The Morgan fingerprint density at radius 1 is 1.24 bits per heavy atom. The zero-order chi connectivity index (χ0) is 13.5. The summed E-state index contributed by atoms with van der Waals surface area (Å²) in [7, 11) is 0.420. The average Bonchev–Trinajstić information content (AvgIpc) is 2.21. The van der Waals surface area contributed by atoms with Crippen LogP contribution in [0.25, 0.3) is 0 Å². The van der Waals surface area contributed by atoms with Crippen LogP contribution in [0.1, 0.15) is 19.8 Å². The lowest BCUT2D eigenvalue weighted by atomic mass is 10.4. The topological polar surface area (TPSA) is 77.9 Å². The molecule has 17 heavy (non-hydrogen) atoms. The van der Waals surface area contributed by atoms with Crippen molar-refractivity contribution in [3.63, 3.8) is 0 Å². The van der Waals surface area contributed by atoms with Gasteiger partial charge in [-0.3, -0.25) is 4.79 Å². The van der Waals surface area contributed by atoms with E-state index in [1.807, 2.05) is 19.0 Å². The van der Waals surface area contributed by atoms with Gasteiger partial charge in [0.05, 0.1) is 12.2 Å². The molecule has 0 rings (SSSR count). The van der Waals surface area contributed by atoms with Gasteiger partial charge < -0.3 is 10.0 Å². The first-order valence-electron chi connectivity index (χ1n) is 5.64. The van der Waals surface area contributed by atoms with Gasteiger partial charge in [0, 0.05) is 13.1 Å². The number of sulfonamides is 1. The molecule has 7 heteroatoms. The van der Waals surface area contributed by atoms with Crippen molar-refractivity contribution < 1.29 is 18.3 Å². The van der Waals surface area contributed by atoms with Crippen LogP contribution in [0.5, 0.6) is 0 Å². The van der Waals surface area contributed by atoms with Crippen LogP contribution in [0.2, 0.25) is 0 Å². The third kappa shape index (κ3) is 7.30. The Balaban J connectivity index is 4.27. The molecular formula is C10H22N2O4S. The molecular weight excluding hydrogens is 244 g/mol. The normalized spacial score (nSPS) is 12.3. The lowest BCUT2D eigenvalue weighted by Gasteiger charge is -2.20. The second kappa shape index (κ2) is 7.62. The molecule has 0 heterocycles. The molecule has 0 aromatic heterocycles. The van der Waals surface area contributed by atoms with Crippen LogP contribution in [0.15, 0.2) is 0 Å². The van der Waals surface area contributed by atoms with Crippen LogP contribution in [0.3, 0.4) is 0 Å². The Hall–Kier alpha value is -0.660. The molecule has 0 saturated carbocycles. The molecule has 0 amide bonds. The van der Waals surface area contributed by atoms with Gasteiger partial charge in [-0.25, -0.2) is 12.7 Å². The van der Waals surface area contributed by atoms with Gasteiger partial charge >= 0.3 is 5.97 Å². The van der Waals surface area contributed by atoms with E-state index in [9.17, 15) is 13.2 Å². The van der Waals surface area contributed by atoms with Crippen LogP contribution in [0.4, 0.5) is 0 Å². The number of aliphatic carboxylic acids is 1. The Kier molecular flexibility index (Phi) is 7.33. The lowest BCUT2D eigenvalue weighted by molar-refractivity contribution is -0.136. The van der Waals surface area contributed by atoms with E-state index in [0.29, 0.717) is 13.1 Å². The van der Waals surface area contributed by atoms with E-state index in [-0.39, 0.29) is 12.2 Å². The predicted octanol–water partition coefficient (Wildman–Crippen LogP) is 0.0645. The molecule has 0 atom stereocenters. The predicted molar refractivity (Wildman–Crippen MR) is 66.5 cm³/mol. The second-order valence-electron chi connectivity index (χ2n) is 4.11. The van der Waals surface area contributed by atoms with E-state index in [2.05, 4.69) is 0 Å². The maximum atomic E-state index is 11.8. The standard InChI is InChI=1S/C10H22N2O4S/c1-4-12(8-5-7-11(2)3)17(15,16)9-6-10(13)14/h4-9H2,1-3H3,(H,13,14). The van der Waals surface area contributed by atoms with Crippen LogP contribution in [-0.2, 0) is 14.8 Å². The molecule has 1 N–H and O–H groups in total. The summed E-state index contributed by atoms with van der Waals surface area (Å²) < 4.78 is 24.9. The second-order valence-corrected chi connectivity index (χ2v) is 6.20. The van der Waals surface area contributed by atoms with Crippen molar-refractivity contribution in [1.82, 2.24) is 9.21 Å². The van der Waals surface area contributed by atoms with Crippen molar-refractivity contribution in [1.29, 1.82) is 0 Å². The van der Waals surface area contributed by atoms with E-state index >= 15 is 0 Å². The third-order valence-electron chi connectivity index (χ3n) is 2.33. The fourth-order valence-corrected chi connectivity index (χ4v) is 2.89. The Morgan fingerprint density at radius 3 is 2.24 bits per heavy atom. The summed E-state index contributed by atoms with van der Waals surface area (Å²) in [6.45, 7) is 3.39. The molecule has 0 unspecified atom stereocenters. The van der Waals surface area contributed by atoms with E-state index in [0.717, 1.165) is 13.0 Å². The molecule has 6 nitrogen and oxygen atoms in total. The van der Waals surface area contributed by atoms with Gasteiger partial charge in [-0.1, -0.05) is 6.92 Å². The fourth-order valence-electron chi connectivity index (χ4n) is 1.40. The van der Waals surface area contributed by atoms with Gasteiger partial charge in [-0.05, 0) is 27.1 Å². The van der Waals surface area contributed by atoms with Gasteiger partial charge in [0.15, 0.2) is 0 Å². The van der Waals surface area contributed by atoms with Crippen molar-refractivity contribution in [3.8, 4) is 0 Å². The summed E-state index contributed by atoms with van der Waals surface area (Å²) in [4.78, 5) is 12.4. The molecule has 0 aliphatic carbocycles. The number of carbonyl (C=O) groups is 1. The van der Waals surface area contributed by atoms with Crippen molar-refractivity contribution in [3.05, 3.63) is 0 Å². The summed E-state index contributed by atoms with van der Waals surface area (Å²) in [5.74, 6) is -1.41. The van der Waals surface area contributed by atoms with Gasteiger partial charge in [0.1, 0.15) is 0 Å². The zero-order valence-electron chi connectivity index (χ0n) is 10.7. The smallest absolute Gasteiger partial charge is 0.304 e. The van der Waals surface area contributed by atoms with Gasteiger partial charge in [-0.15, -0.1) is 0 Å². The van der Waals surface area contributed by atoms with Crippen molar-refractivity contribution >= 4 is 16.0 Å². The Labute approximate surface area is 103 Å². The van der Waals surface area contributed by atoms with E-state index in [1.165, 1.54) is 4.31 Å². The highest BCUT2D eigenvalue weighted by Crippen LogP contribution is 2.04. The highest BCUT2D eigenvalue weighted by atomic mass is 32.2. The molecule has 0 spiro atoms. The summed E-state index contributed by atoms with van der Waals surface area (Å²) >= 11 is 0. The van der Waals surface area contributed by atoms with Crippen LogP contribution in [0, 0.1) is 0 Å². The molecule has 0 fully saturated rings. The van der Waals surface area contributed by atoms with E-state index < -0.39 is 16.0 Å². The van der Waals surface area contributed by atoms with Gasteiger partial charge in [0.2, 0.25) is 10.0 Å². The number of nitrogens with zero attached hydrogens (tertiary/aromatic N) is 2. The van der Waals surface area contributed by atoms with Gasteiger partial charge in [0.25, 0.3) is 0 Å². The minimum Gasteiger partial charge on any atom is -0.481 e. The first kappa shape index (κ1) is 16.3. The third-order valence-corrected chi connectivity index (χ3v) is 4.28. The van der Waals surface area contributed by atoms with Crippen molar-refractivity contribution in [2.24, 2.45) is 0 Å². The van der Waals surface area contributed by atoms with Crippen molar-refractivity contribution in [2.75, 3.05) is 39.5 Å². The first-order chi connectivity index (χ1) is 7.79. The Morgan fingerprint density at radius 2 is 1.82 bits per heavy atom. The summed E-state index contributed by atoms with van der Waals surface area (Å²) in [5.41, 5.74) is 0. The number of rotatable bonds is 9. The number of carboxylic acids is 1. The maximum Gasteiger partial charge on any atom is 0.304 e. The Bertz CT molecular complexity index is 327. The molecule has 0 aliphatic rings. The largest absolute Gasteiger partial charge is 0.481 e. The summed E-state index contributed by atoms with van der Waals surface area (Å²) in [5, 5.41) is 8.49. The van der Waals surface area contributed by atoms with Crippen LogP contribution < -0.4 is 0 Å². The molecule has 0 bridgehead atoms. The number of hydrogen-bond donors (Lipinski definition) is 1. The molecule has 102 valence electrons. The van der Waals surface area contributed by atoms with Crippen molar-refractivity contribution in [2.45, 2.75) is 19.8 Å². The SMILES string of the molecule is CCN(CCCN(C)C)S(=O)(=O)CCC(=O)O. The highest BCUT2D eigenvalue weighted by molar-refractivity contribution is 7.89. The van der Waals surface area contributed by atoms with Gasteiger partial charge in [-0.2, -0.15) is 0 Å². The average molecular weight is 266 g/mol. The molecule has 0 aromatic carbocycles. The lowest BCUT2D eigenvalue weighted by Crippen LogP contribution is -2.35. The van der Waals surface area contributed by atoms with Crippen LogP contribution in [-0.4, -0.2) is 68.2 Å². The first-order valence-corrected chi connectivity index (χ1v) is 7.25. The number of carboxylic acid groups (broad SMARTS) is 1. The zero-order valence-corrected chi connectivity index (χ0v) is 11.5. The fraction of sp³-hybridized carbons (Fsp3) is 0.900. The number of hydrogen-bond acceptors (Lipinski definition) is 4. The summed E-state index contributed by atoms with van der Waals surface area (Å²) in [6, 6.07) is 0. The maximum absolute atomic E-state index is 11.8. The molecule has 0 aliphatic heterocycles. The molecule has 0 radical (unpaired) electrons. The summed E-state index contributed by atoms with van der Waals surface area (Å²) in [6.07, 6.45) is 0.402. The molecule has 0 aromatic rings. The monoisotopic (exact) mass is 266 g/mol. The van der Waals surface area contributed by atoms with Crippen LogP contribution >= 0.6 is 0 Å². The molecule has 0 saturated heterocycles.